The highest BCUT2D eigenvalue weighted by Gasteiger charge is 2.17. The lowest BCUT2D eigenvalue weighted by Gasteiger charge is -2.09. The first-order valence-corrected chi connectivity index (χ1v) is 6.85. The first-order chi connectivity index (χ1) is 8.53. The van der Waals surface area contributed by atoms with Gasteiger partial charge in [-0.3, -0.25) is 9.82 Å². The van der Waals surface area contributed by atoms with Crippen LogP contribution >= 0.6 is 0 Å². The number of hydrogen-bond acceptors (Lipinski definition) is 4. The molecule has 3 N–H and O–H groups in total. The molecule has 2 aromatic rings. The van der Waals surface area contributed by atoms with Gasteiger partial charge in [0.25, 0.3) is 10.0 Å². The zero-order chi connectivity index (χ0) is 13.2. The normalized spacial score (nSPS) is 11.4. The van der Waals surface area contributed by atoms with E-state index in [4.69, 9.17) is 0 Å². The van der Waals surface area contributed by atoms with Crippen molar-refractivity contribution in [3.8, 4) is 5.75 Å². The van der Waals surface area contributed by atoms with Crippen LogP contribution < -0.4 is 4.72 Å². The zero-order valence-electron chi connectivity index (χ0n) is 9.71. The van der Waals surface area contributed by atoms with E-state index in [0.717, 1.165) is 12.0 Å². The monoisotopic (exact) mass is 267 g/mol. The van der Waals surface area contributed by atoms with E-state index in [1.807, 2.05) is 6.92 Å². The number of anilines is 1. The van der Waals surface area contributed by atoms with Crippen molar-refractivity contribution in [2.24, 2.45) is 0 Å². The largest absolute Gasteiger partial charge is 0.506 e. The molecule has 0 saturated carbocycles. The van der Waals surface area contributed by atoms with E-state index in [2.05, 4.69) is 14.9 Å². The Morgan fingerprint density at radius 1 is 1.39 bits per heavy atom. The van der Waals surface area contributed by atoms with Crippen LogP contribution in [0.4, 0.5) is 5.69 Å². The molecule has 1 aromatic heterocycles. The minimum absolute atomic E-state index is 0.0520. The molecule has 0 aliphatic heterocycles. The highest BCUT2D eigenvalue weighted by Crippen LogP contribution is 2.26. The lowest BCUT2D eigenvalue weighted by atomic mass is 10.1. The third-order valence-electron chi connectivity index (χ3n) is 2.48. The van der Waals surface area contributed by atoms with Crippen LogP contribution in [0.1, 0.15) is 12.5 Å². The number of nitrogens with zero attached hydrogens (tertiary/aromatic N) is 1. The summed E-state index contributed by atoms with van der Waals surface area (Å²) < 4.78 is 26.2. The van der Waals surface area contributed by atoms with Gasteiger partial charge in [0.05, 0.1) is 11.9 Å². The molecule has 0 aliphatic carbocycles. The Bertz CT molecular complexity index is 636. The summed E-state index contributed by atoms with van der Waals surface area (Å²) in [5, 5.41) is 15.5. The molecule has 0 radical (unpaired) electrons. The topological polar surface area (TPSA) is 95.1 Å². The quantitative estimate of drug-likeness (QED) is 0.731. The van der Waals surface area contributed by atoms with Crippen molar-refractivity contribution in [1.29, 1.82) is 0 Å². The number of nitrogens with one attached hydrogen (secondary N) is 2. The maximum absolute atomic E-state index is 11.9. The number of H-pyrrole nitrogens is 1. The number of sulfonamides is 1. The van der Waals surface area contributed by atoms with Gasteiger partial charge in [0.2, 0.25) is 0 Å². The van der Waals surface area contributed by atoms with Gasteiger partial charge >= 0.3 is 0 Å². The molecule has 0 unspecified atom stereocenters. The van der Waals surface area contributed by atoms with Gasteiger partial charge in [-0.25, -0.2) is 0 Å². The van der Waals surface area contributed by atoms with Gasteiger partial charge in [0.1, 0.15) is 5.75 Å². The van der Waals surface area contributed by atoms with Gasteiger partial charge < -0.3 is 5.11 Å². The Balaban J connectivity index is 2.35. The van der Waals surface area contributed by atoms with Gasteiger partial charge in [-0.05, 0) is 30.2 Å². The number of benzene rings is 1. The Morgan fingerprint density at radius 2 is 2.17 bits per heavy atom. The first kappa shape index (κ1) is 12.4. The van der Waals surface area contributed by atoms with Gasteiger partial charge in [-0.1, -0.05) is 13.0 Å². The van der Waals surface area contributed by atoms with Crippen LogP contribution in [0.25, 0.3) is 0 Å². The fourth-order valence-electron chi connectivity index (χ4n) is 1.48. The van der Waals surface area contributed by atoms with E-state index in [1.54, 1.807) is 12.1 Å². The summed E-state index contributed by atoms with van der Waals surface area (Å²) >= 11 is 0. The first-order valence-electron chi connectivity index (χ1n) is 5.37. The Kier molecular flexibility index (Phi) is 3.24. The smallest absolute Gasteiger partial charge is 0.278 e. The van der Waals surface area contributed by atoms with Crippen LogP contribution in [0.15, 0.2) is 35.5 Å². The number of hydrogen-bond donors (Lipinski definition) is 3. The highest BCUT2D eigenvalue weighted by molar-refractivity contribution is 7.92. The summed E-state index contributed by atoms with van der Waals surface area (Å²) in [4.78, 5) is 0. The van der Waals surface area contributed by atoms with Crippen molar-refractivity contribution >= 4 is 15.7 Å². The minimum Gasteiger partial charge on any atom is -0.506 e. The number of aromatic nitrogens is 2. The van der Waals surface area contributed by atoms with Crippen molar-refractivity contribution in [2.45, 2.75) is 18.4 Å². The van der Waals surface area contributed by atoms with E-state index in [0.29, 0.717) is 0 Å². The zero-order valence-corrected chi connectivity index (χ0v) is 10.5. The second-order valence-electron chi connectivity index (χ2n) is 3.73. The fourth-order valence-corrected chi connectivity index (χ4v) is 2.45. The lowest BCUT2D eigenvalue weighted by Crippen LogP contribution is -2.13. The van der Waals surface area contributed by atoms with Crippen LogP contribution in [-0.2, 0) is 16.4 Å². The van der Waals surface area contributed by atoms with E-state index in [-0.39, 0.29) is 16.5 Å². The standard InChI is InChI=1S/C11H13N3O3S/c1-2-8-3-4-10(15)9(7-8)14-18(16,17)11-5-6-12-13-11/h3-7,14-15H,2H2,1H3,(H,12,13). The molecule has 0 fully saturated rings. The predicted molar refractivity (Wildman–Crippen MR) is 66.9 cm³/mol. The average Bonchev–Trinajstić information content (AvgIpc) is 2.86. The third kappa shape index (κ3) is 2.45. The molecular weight excluding hydrogens is 254 g/mol. The molecular formula is C11H13N3O3S. The number of aromatic amines is 1. The van der Waals surface area contributed by atoms with Crippen LogP contribution in [0.5, 0.6) is 5.75 Å². The SMILES string of the molecule is CCc1ccc(O)c(NS(=O)(=O)c2ccn[nH]2)c1. The Hall–Kier alpha value is -2.02. The molecule has 7 heteroatoms. The number of aryl methyl sites for hydroxylation is 1. The molecule has 2 rings (SSSR count). The minimum atomic E-state index is -3.75. The van der Waals surface area contributed by atoms with Crippen molar-refractivity contribution in [3.63, 3.8) is 0 Å². The number of rotatable bonds is 4. The van der Waals surface area contributed by atoms with Crippen molar-refractivity contribution in [1.82, 2.24) is 10.2 Å². The van der Waals surface area contributed by atoms with Gasteiger partial charge in [-0.2, -0.15) is 13.5 Å². The summed E-state index contributed by atoms with van der Waals surface area (Å²) in [6, 6.07) is 6.14. The molecule has 6 nitrogen and oxygen atoms in total. The molecule has 1 aromatic carbocycles. The summed E-state index contributed by atoms with van der Waals surface area (Å²) in [6.45, 7) is 1.94. The van der Waals surface area contributed by atoms with Crippen molar-refractivity contribution < 1.29 is 13.5 Å². The van der Waals surface area contributed by atoms with E-state index in [1.165, 1.54) is 18.3 Å². The number of phenols is 1. The van der Waals surface area contributed by atoms with Gasteiger partial charge in [0, 0.05) is 0 Å². The molecule has 0 amide bonds. The van der Waals surface area contributed by atoms with Crippen LogP contribution in [0.3, 0.4) is 0 Å². The highest BCUT2D eigenvalue weighted by atomic mass is 32.2. The van der Waals surface area contributed by atoms with Crippen molar-refractivity contribution in [3.05, 3.63) is 36.0 Å². The Labute approximate surface area is 105 Å². The molecule has 0 spiro atoms. The second kappa shape index (κ2) is 4.69. The molecule has 0 bridgehead atoms. The van der Waals surface area contributed by atoms with Crippen LogP contribution in [-0.4, -0.2) is 23.7 Å². The number of phenolic OH excluding ortho intramolecular Hbond substituents is 1. The molecule has 0 saturated heterocycles. The molecule has 0 atom stereocenters. The third-order valence-corrected chi connectivity index (χ3v) is 3.77. The molecule has 1 heterocycles. The summed E-state index contributed by atoms with van der Waals surface area (Å²) in [5.74, 6) is -0.115. The predicted octanol–water partition coefficient (Wildman–Crippen LogP) is 1.48. The van der Waals surface area contributed by atoms with E-state index < -0.39 is 10.0 Å². The maximum Gasteiger partial charge on any atom is 0.278 e. The number of aromatic hydroxyl groups is 1. The van der Waals surface area contributed by atoms with Gasteiger partial charge in [0.15, 0.2) is 5.03 Å². The van der Waals surface area contributed by atoms with Gasteiger partial charge in [-0.15, -0.1) is 0 Å². The lowest BCUT2D eigenvalue weighted by molar-refractivity contribution is 0.477. The van der Waals surface area contributed by atoms with Crippen molar-refractivity contribution in [2.75, 3.05) is 4.72 Å². The summed E-state index contributed by atoms with van der Waals surface area (Å²) in [6.07, 6.45) is 2.09. The molecule has 96 valence electrons. The summed E-state index contributed by atoms with van der Waals surface area (Å²) in [7, 11) is -3.75. The average molecular weight is 267 g/mol. The van der Waals surface area contributed by atoms with Crippen LogP contribution in [0, 0.1) is 0 Å². The van der Waals surface area contributed by atoms with E-state index in [9.17, 15) is 13.5 Å². The molecule has 18 heavy (non-hydrogen) atoms. The van der Waals surface area contributed by atoms with Crippen LogP contribution in [0.2, 0.25) is 0 Å². The second-order valence-corrected chi connectivity index (χ2v) is 5.38. The Morgan fingerprint density at radius 3 is 2.78 bits per heavy atom. The molecule has 0 aliphatic rings. The maximum atomic E-state index is 11.9. The van der Waals surface area contributed by atoms with E-state index >= 15 is 0 Å². The fraction of sp³-hybridized carbons (Fsp3) is 0.182. The summed E-state index contributed by atoms with van der Waals surface area (Å²) in [5.41, 5.74) is 1.08.